The van der Waals surface area contributed by atoms with Gasteiger partial charge in [0.15, 0.2) is 0 Å². The molecular weight excluding hydrogens is 482 g/mol. The number of phenols is 1. The van der Waals surface area contributed by atoms with Crippen molar-refractivity contribution >= 4 is 29.6 Å². The van der Waals surface area contributed by atoms with E-state index in [2.05, 4.69) is 16.0 Å². The molecule has 0 saturated carbocycles. The minimum absolute atomic E-state index is 0.0505. The molecule has 37 heavy (non-hydrogen) atoms. The van der Waals surface area contributed by atoms with Gasteiger partial charge in [-0.3, -0.25) is 19.2 Å². The molecule has 0 saturated heterocycles. The number of aromatic hydroxyl groups is 1. The molecule has 198 valence electrons. The highest BCUT2D eigenvalue weighted by Gasteiger charge is 2.27. The standard InChI is InChI=1S/C25H31N5O7/c26-18(12-16-6-8-17(31)9-7-16)23(34)28-14-22(33)29-20(13-15-4-2-1-3-5-15)24(35)30-19(25(36)37)10-11-21(27)32/h1-9,18-20,31H,10-14,26H2,(H2,27,32)(H,28,34)(H,29,33)(H,30,35)(H,36,37). The van der Waals surface area contributed by atoms with Gasteiger partial charge >= 0.3 is 5.97 Å². The summed E-state index contributed by atoms with van der Waals surface area (Å²) in [5.74, 6) is -4.04. The zero-order valence-corrected chi connectivity index (χ0v) is 20.1. The molecule has 3 atom stereocenters. The number of phenolic OH excluding ortho intramolecular Hbond substituents is 1. The van der Waals surface area contributed by atoms with Gasteiger partial charge in [0.05, 0.1) is 12.6 Å². The molecule has 12 heteroatoms. The molecule has 0 spiro atoms. The van der Waals surface area contributed by atoms with Gasteiger partial charge in [-0.2, -0.15) is 0 Å². The largest absolute Gasteiger partial charge is 0.508 e. The van der Waals surface area contributed by atoms with Crippen LogP contribution in [0.25, 0.3) is 0 Å². The first-order valence-corrected chi connectivity index (χ1v) is 11.5. The zero-order valence-electron chi connectivity index (χ0n) is 20.1. The molecule has 2 aromatic carbocycles. The number of nitrogens with one attached hydrogen (secondary N) is 3. The predicted octanol–water partition coefficient (Wildman–Crippen LogP) is -1.06. The van der Waals surface area contributed by atoms with Crippen LogP contribution >= 0.6 is 0 Å². The third-order valence-corrected chi connectivity index (χ3v) is 5.38. The Hall–Kier alpha value is -4.45. The van der Waals surface area contributed by atoms with Gasteiger partial charge in [0.1, 0.15) is 17.8 Å². The van der Waals surface area contributed by atoms with Gasteiger partial charge in [0, 0.05) is 12.8 Å². The average molecular weight is 514 g/mol. The number of benzene rings is 2. The van der Waals surface area contributed by atoms with Gasteiger partial charge in [-0.25, -0.2) is 4.79 Å². The number of rotatable bonds is 14. The Balaban J connectivity index is 1.99. The first-order valence-electron chi connectivity index (χ1n) is 11.5. The molecule has 4 amide bonds. The number of carbonyl (C=O) groups is 5. The van der Waals surface area contributed by atoms with E-state index in [1.807, 2.05) is 0 Å². The molecule has 12 nitrogen and oxygen atoms in total. The van der Waals surface area contributed by atoms with Crippen molar-refractivity contribution in [3.63, 3.8) is 0 Å². The van der Waals surface area contributed by atoms with Crippen LogP contribution in [0.2, 0.25) is 0 Å². The van der Waals surface area contributed by atoms with E-state index in [9.17, 15) is 34.2 Å². The van der Waals surface area contributed by atoms with Crippen LogP contribution in [0.4, 0.5) is 0 Å². The van der Waals surface area contributed by atoms with Crippen LogP contribution in [0.1, 0.15) is 24.0 Å². The maximum atomic E-state index is 12.9. The van der Waals surface area contributed by atoms with Crippen LogP contribution < -0.4 is 27.4 Å². The van der Waals surface area contributed by atoms with Gasteiger partial charge < -0.3 is 37.6 Å². The summed E-state index contributed by atoms with van der Waals surface area (Å²) in [6.07, 6.45) is -0.232. The van der Waals surface area contributed by atoms with Crippen LogP contribution in [-0.2, 0) is 36.8 Å². The fourth-order valence-electron chi connectivity index (χ4n) is 3.40. The molecular formula is C25H31N5O7. The van der Waals surface area contributed by atoms with Crippen molar-refractivity contribution in [3.8, 4) is 5.75 Å². The smallest absolute Gasteiger partial charge is 0.326 e. The Bertz CT molecular complexity index is 1090. The van der Waals surface area contributed by atoms with E-state index in [1.54, 1.807) is 42.5 Å². The lowest BCUT2D eigenvalue weighted by atomic mass is 10.0. The molecule has 3 unspecified atom stereocenters. The Morgan fingerprint density at radius 3 is 2.03 bits per heavy atom. The van der Waals surface area contributed by atoms with Crippen LogP contribution in [0.15, 0.2) is 54.6 Å². The van der Waals surface area contributed by atoms with E-state index in [4.69, 9.17) is 11.5 Å². The van der Waals surface area contributed by atoms with Crippen LogP contribution in [0.3, 0.4) is 0 Å². The van der Waals surface area contributed by atoms with E-state index in [0.717, 1.165) is 0 Å². The fourth-order valence-corrected chi connectivity index (χ4v) is 3.40. The quantitative estimate of drug-likeness (QED) is 0.165. The zero-order chi connectivity index (χ0) is 27.4. The van der Waals surface area contributed by atoms with Gasteiger partial charge in [-0.05, 0) is 36.1 Å². The number of primary amides is 1. The molecule has 2 aromatic rings. The highest BCUT2D eigenvalue weighted by molar-refractivity contribution is 5.92. The second kappa shape index (κ2) is 14.2. The molecule has 2 rings (SSSR count). The van der Waals surface area contributed by atoms with Crippen molar-refractivity contribution in [1.29, 1.82) is 0 Å². The lowest BCUT2D eigenvalue weighted by molar-refractivity contribution is -0.142. The van der Waals surface area contributed by atoms with Crippen LogP contribution in [0.5, 0.6) is 5.75 Å². The Morgan fingerprint density at radius 2 is 1.43 bits per heavy atom. The van der Waals surface area contributed by atoms with Crippen molar-refractivity contribution in [2.24, 2.45) is 11.5 Å². The molecule has 0 bridgehead atoms. The van der Waals surface area contributed by atoms with E-state index in [-0.39, 0.29) is 31.4 Å². The van der Waals surface area contributed by atoms with Gasteiger partial charge in [0.2, 0.25) is 23.6 Å². The number of nitrogens with two attached hydrogens (primary N) is 2. The SMILES string of the molecule is NC(=O)CCC(NC(=O)C(Cc1ccccc1)NC(=O)CNC(=O)C(N)Cc1ccc(O)cc1)C(=O)O. The Morgan fingerprint density at radius 1 is 0.811 bits per heavy atom. The fraction of sp³-hybridized carbons (Fsp3) is 0.320. The number of amides is 4. The maximum Gasteiger partial charge on any atom is 0.326 e. The highest BCUT2D eigenvalue weighted by atomic mass is 16.4. The molecule has 0 aliphatic heterocycles. The first kappa shape index (κ1) is 28.8. The monoisotopic (exact) mass is 513 g/mol. The lowest BCUT2D eigenvalue weighted by Crippen LogP contribution is -2.54. The van der Waals surface area contributed by atoms with Crippen LogP contribution in [0, 0.1) is 0 Å². The summed E-state index contributed by atoms with van der Waals surface area (Å²) < 4.78 is 0. The predicted molar refractivity (Wildman–Crippen MR) is 133 cm³/mol. The van der Waals surface area contributed by atoms with Crippen molar-refractivity contribution in [2.75, 3.05) is 6.54 Å². The summed E-state index contributed by atoms with van der Waals surface area (Å²) in [7, 11) is 0. The summed E-state index contributed by atoms with van der Waals surface area (Å²) >= 11 is 0. The topological polar surface area (TPSA) is 214 Å². The molecule has 9 N–H and O–H groups in total. The third-order valence-electron chi connectivity index (χ3n) is 5.38. The van der Waals surface area contributed by atoms with Gasteiger partial charge in [-0.1, -0.05) is 42.5 Å². The Labute approximate surface area is 213 Å². The minimum atomic E-state index is -1.38. The number of carbonyl (C=O) groups excluding carboxylic acids is 4. The highest BCUT2D eigenvalue weighted by Crippen LogP contribution is 2.11. The molecule has 0 aliphatic rings. The molecule has 0 radical (unpaired) electrons. The Kier molecular flexibility index (Phi) is 11.0. The van der Waals surface area contributed by atoms with Crippen molar-refractivity contribution < 1.29 is 34.2 Å². The first-order chi connectivity index (χ1) is 17.5. The molecule has 0 aromatic heterocycles. The second-order valence-electron chi connectivity index (χ2n) is 8.41. The van der Waals surface area contributed by atoms with Crippen molar-refractivity contribution in [1.82, 2.24) is 16.0 Å². The van der Waals surface area contributed by atoms with Gasteiger partial charge in [0.25, 0.3) is 0 Å². The van der Waals surface area contributed by atoms with Crippen molar-refractivity contribution in [3.05, 3.63) is 65.7 Å². The van der Waals surface area contributed by atoms with E-state index >= 15 is 0 Å². The third kappa shape index (κ3) is 10.4. The molecule has 0 fully saturated rings. The summed E-state index contributed by atoms with van der Waals surface area (Å²) in [5, 5.41) is 26.0. The summed E-state index contributed by atoms with van der Waals surface area (Å²) in [6.45, 7) is -0.468. The van der Waals surface area contributed by atoms with E-state index in [1.165, 1.54) is 12.1 Å². The average Bonchev–Trinajstić information content (AvgIpc) is 2.86. The summed E-state index contributed by atoms with van der Waals surface area (Å²) in [5.41, 5.74) is 12.4. The lowest BCUT2D eigenvalue weighted by Gasteiger charge is -2.22. The number of carboxylic acid groups (broad SMARTS) is 1. The molecule has 0 aliphatic carbocycles. The van der Waals surface area contributed by atoms with E-state index < -0.39 is 54.3 Å². The molecule has 0 heterocycles. The van der Waals surface area contributed by atoms with E-state index in [0.29, 0.717) is 11.1 Å². The number of carboxylic acids is 1. The second-order valence-corrected chi connectivity index (χ2v) is 8.41. The number of hydrogen-bond acceptors (Lipinski definition) is 7. The summed E-state index contributed by atoms with van der Waals surface area (Å²) in [6, 6.07) is 11.4. The normalized spacial score (nSPS) is 13.0. The number of hydrogen-bond donors (Lipinski definition) is 7. The summed E-state index contributed by atoms with van der Waals surface area (Å²) in [4.78, 5) is 60.3. The van der Waals surface area contributed by atoms with Crippen molar-refractivity contribution in [2.45, 2.75) is 43.8 Å². The number of aliphatic carboxylic acids is 1. The maximum absolute atomic E-state index is 12.9. The van der Waals surface area contributed by atoms with Gasteiger partial charge in [-0.15, -0.1) is 0 Å². The minimum Gasteiger partial charge on any atom is -0.508 e. The van der Waals surface area contributed by atoms with Crippen LogP contribution in [-0.4, -0.2) is 64.5 Å².